The van der Waals surface area contributed by atoms with Crippen molar-refractivity contribution in [3.63, 3.8) is 0 Å². The Morgan fingerprint density at radius 1 is 1.42 bits per heavy atom. The monoisotopic (exact) mass is 281 g/mol. The van der Waals surface area contributed by atoms with E-state index < -0.39 is 0 Å². The highest BCUT2D eigenvalue weighted by Crippen LogP contribution is 2.26. The van der Waals surface area contributed by atoms with E-state index in [1.54, 1.807) is 0 Å². The fourth-order valence-corrected chi connectivity index (χ4v) is 3.03. The molecule has 0 aromatic carbocycles. The lowest BCUT2D eigenvalue weighted by atomic mass is 10.0. The standard InChI is InChI=1S/C15H24ClN3/c1-4-19-7-5-14(6-8-19)18(3)15-9-12(2)17-11-13(15)10-16/h9,11,14H,4-8,10H2,1-3H3. The maximum Gasteiger partial charge on any atom is 0.0509 e. The van der Waals surface area contributed by atoms with Crippen LogP contribution >= 0.6 is 11.6 Å². The Hall–Kier alpha value is -0.800. The van der Waals surface area contributed by atoms with Crippen LogP contribution in [0.15, 0.2) is 12.3 Å². The van der Waals surface area contributed by atoms with Crippen LogP contribution in [0.2, 0.25) is 0 Å². The highest BCUT2D eigenvalue weighted by molar-refractivity contribution is 6.17. The van der Waals surface area contributed by atoms with Gasteiger partial charge in [-0.25, -0.2) is 0 Å². The molecule has 0 aliphatic carbocycles. The third-order valence-electron chi connectivity index (χ3n) is 4.17. The molecule has 1 fully saturated rings. The van der Waals surface area contributed by atoms with E-state index in [0.717, 1.165) is 17.8 Å². The zero-order chi connectivity index (χ0) is 13.8. The number of hydrogen-bond donors (Lipinski definition) is 0. The van der Waals surface area contributed by atoms with Crippen molar-refractivity contribution in [1.29, 1.82) is 0 Å². The molecule has 0 radical (unpaired) electrons. The van der Waals surface area contributed by atoms with Crippen molar-refractivity contribution in [3.8, 4) is 0 Å². The zero-order valence-corrected chi connectivity index (χ0v) is 13.0. The minimum Gasteiger partial charge on any atom is -0.371 e. The lowest BCUT2D eigenvalue weighted by Crippen LogP contribution is -2.43. The molecule has 0 unspecified atom stereocenters. The van der Waals surface area contributed by atoms with Gasteiger partial charge in [-0.1, -0.05) is 6.92 Å². The van der Waals surface area contributed by atoms with Gasteiger partial charge < -0.3 is 9.80 Å². The number of piperidine rings is 1. The number of hydrogen-bond acceptors (Lipinski definition) is 3. The molecule has 106 valence electrons. The van der Waals surface area contributed by atoms with Crippen molar-refractivity contribution in [3.05, 3.63) is 23.5 Å². The number of rotatable bonds is 4. The largest absolute Gasteiger partial charge is 0.371 e. The highest BCUT2D eigenvalue weighted by Gasteiger charge is 2.23. The molecule has 4 heteroatoms. The molecule has 3 nitrogen and oxygen atoms in total. The normalized spacial score (nSPS) is 17.7. The molecule has 0 N–H and O–H groups in total. The second kappa shape index (κ2) is 6.58. The second-order valence-electron chi connectivity index (χ2n) is 5.36. The molecule has 1 aliphatic rings. The molecule has 0 amide bonds. The van der Waals surface area contributed by atoms with Gasteiger partial charge in [0, 0.05) is 49.3 Å². The molecular formula is C15H24ClN3. The van der Waals surface area contributed by atoms with Crippen molar-refractivity contribution < 1.29 is 0 Å². The molecule has 0 saturated carbocycles. The fraction of sp³-hybridized carbons (Fsp3) is 0.667. The Bertz CT molecular complexity index is 414. The summed E-state index contributed by atoms with van der Waals surface area (Å²) in [4.78, 5) is 9.26. The van der Waals surface area contributed by atoms with Gasteiger partial charge in [0.1, 0.15) is 0 Å². The third kappa shape index (κ3) is 3.40. The van der Waals surface area contributed by atoms with Gasteiger partial charge >= 0.3 is 0 Å². The minimum atomic E-state index is 0.529. The average molecular weight is 282 g/mol. The van der Waals surface area contributed by atoms with E-state index in [-0.39, 0.29) is 0 Å². The number of anilines is 1. The van der Waals surface area contributed by atoms with Crippen molar-refractivity contribution in [2.75, 3.05) is 31.6 Å². The second-order valence-corrected chi connectivity index (χ2v) is 5.63. The molecule has 0 atom stereocenters. The summed E-state index contributed by atoms with van der Waals surface area (Å²) in [6.07, 6.45) is 4.37. The molecule has 1 aliphatic heterocycles. The van der Waals surface area contributed by atoms with Gasteiger partial charge in [0.15, 0.2) is 0 Å². The summed E-state index contributed by atoms with van der Waals surface area (Å²) in [5.74, 6) is 0.529. The van der Waals surface area contributed by atoms with Gasteiger partial charge in [-0.05, 0) is 32.4 Å². The lowest BCUT2D eigenvalue weighted by Gasteiger charge is -2.38. The average Bonchev–Trinajstić information content (AvgIpc) is 2.46. The van der Waals surface area contributed by atoms with Crippen LogP contribution < -0.4 is 4.90 Å². The topological polar surface area (TPSA) is 19.4 Å². The summed E-state index contributed by atoms with van der Waals surface area (Å²) in [5.41, 5.74) is 3.44. The van der Waals surface area contributed by atoms with Crippen LogP contribution in [0.25, 0.3) is 0 Å². The first-order valence-electron chi connectivity index (χ1n) is 7.12. The first-order chi connectivity index (χ1) is 9.15. The van der Waals surface area contributed by atoms with E-state index in [9.17, 15) is 0 Å². The van der Waals surface area contributed by atoms with Gasteiger partial charge in [-0.15, -0.1) is 11.6 Å². The summed E-state index contributed by atoms with van der Waals surface area (Å²) in [5, 5.41) is 0. The Balaban J connectivity index is 2.11. The van der Waals surface area contributed by atoms with Crippen molar-refractivity contribution in [2.45, 2.75) is 38.6 Å². The molecule has 2 heterocycles. The molecule has 0 bridgehead atoms. The molecule has 1 aromatic rings. The lowest BCUT2D eigenvalue weighted by molar-refractivity contribution is 0.221. The number of alkyl halides is 1. The van der Waals surface area contributed by atoms with Gasteiger partial charge in [-0.2, -0.15) is 0 Å². The van der Waals surface area contributed by atoms with Gasteiger partial charge in [0.25, 0.3) is 0 Å². The first-order valence-corrected chi connectivity index (χ1v) is 7.65. The predicted molar refractivity (Wildman–Crippen MR) is 82.1 cm³/mol. The van der Waals surface area contributed by atoms with Crippen molar-refractivity contribution in [1.82, 2.24) is 9.88 Å². The number of likely N-dealkylation sites (tertiary alicyclic amines) is 1. The number of pyridine rings is 1. The molecule has 2 rings (SSSR count). The van der Waals surface area contributed by atoms with Crippen LogP contribution in [0, 0.1) is 6.92 Å². The van der Waals surface area contributed by atoms with Gasteiger partial charge in [-0.3, -0.25) is 4.98 Å². The van der Waals surface area contributed by atoms with E-state index in [4.69, 9.17) is 11.6 Å². The summed E-state index contributed by atoms with van der Waals surface area (Å²) in [6, 6.07) is 2.77. The Morgan fingerprint density at radius 3 is 2.68 bits per heavy atom. The van der Waals surface area contributed by atoms with E-state index in [2.05, 4.69) is 34.8 Å². The molecule has 1 aromatic heterocycles. The predicted octanol–water partition coefficient (Wildman–Crippen LogP) is 3.05. The quantitative estimate of drug-likeness (QED) is 0.791. The summed E-state index contributed by atoms with van der Waals surface area (Å²) >= 11 is 6.04. The minimum absolute atomic E-state index is 0.529. The van der Waals surface area contributed by atoms with E-state index in [1.807, 2.05) is 13.1 Å². The SMILES string of the molecule is CCN1CCC(N(C)c2cc(C)ncc2CCl)CC1. The van der Waals surface area contributed by atoms with E-state index in [0.29, 0.717) is 11.9 Å². The van der Waals surface area contributed by atoms with Crippen LogP contribution in [0.3, 0.4) is 0 Å². The Kier molecular flexibility index (Phi) is 5.06. The number of halogens is 1. The van der Waals surface area contributed by atoms with Gasteiger partial charge in [0.2, 0.25) is 0 Å². The van der Waals surface area contributed by atoms with Gasteiger partial charge in [0.05, 0.1) is 5.88 Å². The number of aromatic nitrogens is 1. The smallest absolute Gasteiger partial charge is 0.0509 e. The molecule has 19 heavy (non-hydrogen) atoms. The summed E-state index contributed by atoms with van der Waals surface area (Å²) < 4.78 is 0. The maximum absolute atomic E-state index is 6.04. The summed E-state index contributed by atoms with van der Waals surface area (Å²) in [6.45, 7) is 7.84. The van der Waals surface area contributed by atoms with E-state index in [1.165, 1.54) is 31.6 Å². The third-order valence-corrected chi connectivity index (χ3v) is 4.46. The van der Waals surface area contributed by atoms with Crippen molar-refractivity contribution in [2.24, 2.45) is 0 Å². The molecular weight excluding hydrogens is 258 g/mol. The van der Waals surface area contributed by atoms with Crippen LogP contribution in [-0.4, -0.2) is 42.6 Å². The van der Waals surface area contributed by atoms with Crippen LogP contribution in [0.1, 0.15) is 31.0 Å². The van der Waals surface area contributed by atoms with E-state index >= 15 is 0 Å². The maximum atomic E-state index is 6.04. The molecule has 1 saturated heterocycles. The fourth-order valence-electron chi connectivity index (χ4n) is 2.82. The zero-order valence-electron chi connectivity index (χ0n) is 12.2. The van der Waals surface area contributed by atoms with Crippen LogP contribution in [-0.2, 0) is 5.88 Å². The highest BCUT2D eigenvalue weighted by atomic mass is 35.5. The Morgan fingerprint density at radius 2 is 2.11 bits per heavy atom. The first kappa shape index (κ1) is 14.6. The van der Waals surface area contributed by atoms with Crippen molar-refractivity contribution >= 4 is 17.3 Å². The molecule has 0 spiro atoms. The van der Waals surface area contributed by atoms with Crippen LogP contribution in [0.5, 0.6) is 0 Å². The number of nitrogens with zero attached hydrogens (tertiary/aromatic N) is 3. The Labute approximate surface area is 121 Å². The number of aryl methyl sites for hydroxylation is 1. The van der Waals surface area contributed by atoms with Crippen LogP contribution in [0.4, 0.5) is 5.69 Å². The summed E-state index contributed by atoms with van der Waals surface area (Å²) in [7, 11) is 2.19.